The Balaban J connectivity index is 2.01. The van der Waals surface area contributed by atoms with Gasteiger partial charge in [0.2, 0.25) is 5.13 Å². The van der Waals surface area contributed by atoms with Crippen molar-refractivity contribution in [2.75, 3.05) is 23.1 Å². The quantitative estimate of drug-likeness (QED) is 0.481. The first-order valence-corrected chi connectivity index (χ1v) is 7.57. The maximum atomic E-state index is 5.59. The van der Waals surface area contributed by atoms with Crippen molar-refractivity contribution in [3.8, 4) is 5.75 Å². The number of para-hydroxylation sites is 1. The van der Waals surface area contributed by atoms with Gasteiger partial charge in [-0.15, -0.1) is 11.3 Å². The van der Waals surface area contributed by atoms with E-state index in [-0.39, 0.29) is 0 Å². The molecule has 1 aromatic heterocycles. The summed E-state index contributed by atoms with van der Waals surface area (Å²) in [6.07, 6.45) is 1.70. The Kier molecular flexibility index (Phi) is 5.17. The highest BCUT2D eigenvalue weighted by Gasteiger charge is 2.00. The van der Waals surface area contributed by atoms with Gasteiger partial charge in [-0.05, 0) is 12.1 Å². The van der Waals surface area contributed by atoms with Crippen LogP contribution in [0.15, 0.2) is 34.7 Å². The van der Waals surface area contributed by atoms with Gasteiger partial charge in [-0.25, -0.2) is 4.98 Å². The van der Waals surface area contributed by atoms with Crippen LogP contribution in [-0.2, 0) is 0 Å². The van der Waals surface area contributed by atoms with Crippen LogP contribution in [0.3, 0.4) is 0 Å². The number of alkyl halides is 1. The molecule has 0 amide bonds. The molecule has 0 aliphatic rings. The first kappa shape index (κ1) is 13.8. The fraction of sp³-hybridized carbons (Fsp3) is 0.167. The standard InChI is InChI=1S/C12H13BrN4OS/c13-5-6-18-10-4-2-1-3-9(10)7-15-17-12-16-11(14)8-19-12/h1-4,7-8H,5-6,14H2,(H,16,17). The minimum atomic E-state index is 0.490. The topological polar surface area (TPSA) is 72.5 Å². The molecule has 0 spiro atoms. The normalized spacial score (nSPS) is 10.8. The molecule has 0 fully saturated rings. The van der Waals surface area contributed by atoms with E-state index in [9.17, 15) is 0 Å². The van der Waals surface area contributed by atoms with Gasteiger partial charge in [-0.1, -0.05) is 28.1 Å². The summed E-state index contributed by atoms with van der Waals surface area (Å²) in [5.74, 6) is 1.29. The Morgan fingerprint density at radius 1 is 1.47 bits per heavy atom. The number of hydrogen-bond donors (Lipinski definition) is 2. The van der Waals surface area contributed by atoms with Crippen LogP contribution in [0.5, 0.6) is 5.75 Å². The largest absolute Gasteiger partial charge is 0.492 e. The molecule has 1 heterocycles. The van der Waals surface area contributed by atoms with Crippen LogP contribution in [0.1, 0.15) is 5.56 Å². The van der Waals surface area contributed by atoms with Crippen molar-refractivity contribution in [1.82, 2.24) is 4.98 Å². The van der Waals surface area contributed by atoms with Gasteiger partial charge in [-0.3, -0.25) is 5.43 Å². The molecule has 0 aliphatic heterocycles. The molecule has 0 aliphatic carbocycles. The third-order valence-corrected chi connectivity index (χ3v) is 3.23. The Bertz CT molecular complexity index is 558. The molecule has 0 atom stereocenters. The lowest BCUT2D eigenvalue weighted by molar-refractivity contribution is 0.344. The molecule has 7 heteroatoms. The molecule has 0 saturated heterocycles. The number of ether oxygens (including phenoxy) is 1. The lowest BCUT2D eigenvalue weighted by Gasteiger charge is -2.06. The van der Waals surface area contributed by atoms with Crippen LogP contribution in [0, 0.1) is 0 Å². The molecular formula is C12H13BrN4OS. The van der Waals surface area contributed by atoms with Crippen molar-refractivity contribution in [1.29, 1.82) is 0 Å². The Morgan fingerprint density at radius 2 is 2.32 bits per heavy atom. The van der Waals surface area contributed by atoms with E-state index in [4.69, 9.17) is 10.5 Å². The third kappa shape index (κ3) is 4.22. The van der Waals surface area contributed by atoms with Gasteiger partial charge in [0.1, 0.15) is 11.6 Å². The van der Waals surface area contributed by atoms with E-state index in [1.54, 1.807) is 11.6 Å². The molecule has 0 unspecified atom stereocenters. The predicted octanol–water partition coefficient (Wildman–Crippen LogP) is 2.95. The maximum absolute atomic E-state index is 5.59. The van der Waals surface area contributed by atoms with E-state index in [0.29, 0.717) is 17.6 Å². The summed E-state index contributed by atoms with van der Waals surface area (Å²) in [5.41, 5.74) is 9.26. The zero-order valence-electron chi connectivity index (χ0n) is 10.0. The average molecular weight is 341 g/mol. The first-order valence-electron chi connectivity index (χ1n) is 5.57. The van der Waals surface area contributed by atoms with Crippen molar-refractivity contribution < 1.29 is 4.74 Å². The van der Waals surface area contributed by atoms with Gasteiger partial charge in [0.05, 0.1) is 12.8 Å². The molecule has 1 aromatic carbocycles. The fourth-order valence-electron chi connectivity index (χ4n) is 1.36. The summed E-state index contributed by atoms with van der Waals surface area (Å²) < 4.78 is 5.59. The van der Waals surface area contributed by atoms with Crippen molar-refractivity contribution in [2.24, 2.45) is 5.10 Å². The second-order valence-electron chi connectivity index (χ2n) is 3.52. The van der Waals surface area contributed by atoms with Crippen molar-refractivity contribution in [2.45, 2.75) is 0 Å². The zero-order valence-corrected chi connectivity index (χ0v) is 12.4. The fourth-order valence-corrected chi connectivity index (χ4v) is 2.07. The SMILES string of the molecule is Nc1csc(NN=Cc2ccccc2OCCBr)n1. The van der Waals surface area contributed by atoms with E-state index >= 15 is 0 Å². The summed E-state index contributed by atoms with van der Waals surface area (Å²) in [5, 5.41) is 7.32. The summed E-state index contributed by atoms with van der Waals surface area (Å²) in [4.78, 5) is 4.05. The highest BCUT2D eigenvalue weighted by molar-refractivity contribution is 9.09. The predicted molar refractivity (Wildman–Crippen MR) is 83.5 cm³/mol. The number of hydrogen-bond acceptors (Lipinski definition) is 6. The van der Waals surface area contributed by atoms with Gasteiger partial charge >= 0.3 is 0 Å². The molecule has 0 radical (unpaired) electrons. The highest BCUT2D eigenvalue weighted by atomic mass is 79.9. The smallest absolute Gasteiger partial charge is 0.205 e. The lowest BCUT2D eigenvalue weighted by Crippen LogP contribution is -2.01. The summed E-state index contributed by atoms with van der Waals surface area (Å²) in [6, 6.07) is 7.70. The van der Waals surface area contributed by atoms with Crippen LogP contribution in [-0.4, -0.2) is 23.1 Å². The van der Waals surface area contributed by atoms with Crippen molar-refractivity contribution >= 4 is 44.4 Å². The van der Waals surface area contributed by atoms with Crippen LogP contribution < -0.4 is 15.9 Å². The first-order chi connectivity index (χ1) is 9.29. The maximum Gasteiger partial charge on any atom is 0.205 e. The second kappa shape index (κ2) is 7.10. The molecule has 3 N–H and O–H groups in total. The molecule has 19 heavy (non-hydrogen) atoms. The van der Waals surface area contributed by atoms with Gasteiger partial charge in [0.25, 0.3) is 0 Å². The third-order valence-electron chi connectivity index (χ3n) is 2.14. The number of hydrazone groups is 1. The van der Waals surface area contributed by atoms with E-state index in [2.05, 4.69) is 31.4 Å². The Labute approximate surface area is 123 Å². The van der Waals surface area contributed by atoms with Crippen LogP contribution in [0.4, 0.5) is 10.9 Å². The lowest BCUT2D eigenvalue weighted by atomic mass is 10.2. The number of anilines is 2. The number of aromatic nitrogens is 1. The van der Waals surface area contributed by atoms with Gasteiger partial charge in [-0.2, -0.15) is 5.10 Å². The van der Waals surface area contributed by atoms with Crippen LogP contribution >= 0.6 is 27.3 Å². The van der Waals surface area contributed by atoms with Gasteiger partial charge in [0, 0.05) is 16.3 Å². The number of nitrogens with one attached hydrogen (secondary N) is 1. The summed E-state index contributed by atoms with van der Waals surface area (Å²) in [7, 11) is 0. The molecule has 2 rings (SSSR count). The number of nitrogens with two attached hydrogens (primary N) is 1. The Morgan fingerprint density at radius 3 is 3.05 bits per heavy atom. The molecule has 100 valence electrons. The minimum absolute atomic E-state index is 0.490. The van der Waals surface area contributed by atoms with Crippen molar-refractivity contribution in [3.63, 3.8) is 0 Å². The highest BCUT2D eigenvalue weighted by Crippen LogP contribution is 2.18. The number of benzene rings is 1. The molecular weight excluding hydrogens is 328 g/mol. The summed E-state index contributed by atoms with van der Waals surface area (Å²) >= 11 is 4.73. The van der Waals surface area contributed by atoms with Crippen LogP contribution in [0.2, 0.25) is 0 Å². The molecule has 0 bridgehead atoms. The molecule has 5 nitrogen and oxygen atoms in total. The van der Waals surface area contributed by atoms with Crippen molar-refractivity contribution in [3.05, 3.63) is 35.2 Å². The van der Waals surface area contributed by atoms with E-state index in [1.807, 2.05) is 24.3 Å². The van der Waals surface area contributed by atoms with E-state index < -0.39 is 0 Å². The number of halogens is 1. The average Bonchev–Trinajstić information content (AvgIpc) is 2.83. The Hall–Kier alpha value is -1.60. The molecule has 2 aromatic rings. The number of thiazole rings is 1. The van der Waals surface area contributed by atoms with Gasteiger partial charge < -0.3 is 10.5 Å². The number of nitrogens with zero attached hydrogens (tertiary/aromatic N) is 2. The second-order valence-corrected chi connectivity index (χ2v) is 5.17. The monoisotopic (exact) mass is 340 g/mol. The van der Waals surface area contributed by atoms with Gasteiger partial charge in [0.15, 0.2) is 0 Å². The van der Waals surface area contributed by atoms with Crippen LogP contribution in [0.25, 0.3) is 0 Å². The van der Waals surface area contributed by atoms with E-state index in [0.717, 1.165) is 16.6 Å². The zero-order chi connectivity index (χ0) is 13.5. The van der Waals surface area contributed by atoms with E-state index in [1.165, 1.54) is 11.3 Å². The number of rotatable bonds is 6. The molecule has 0 saturated carbocycles. The number of nitrogen functional groups attached to an aromatic ring is 1. The minimum Gasteiger partial charge on any atom is -0.492 e. The summed E-state index contributed by atoms with van der Waals surface area (Å²) in [6.45, 7) is 0.612.